The molecule has 0 saturated heterocycles. The van der Waals surface area contributed by atoms with Gasteiger partial charge in [0, 0.05) is 36.3 Å². The van der Waals surface area contributed by atoms with Crippen molar-refractivity contribution in [1.29, 1.82) is 0 Å². The van der Waals surface area contributed by atoms with Crippen LogP contribution in [-0.2, 0) is 11.2 Å². The van der Waals surface area contributed by atoms with Gasteiger partial charge in [-0.15, -0.1) is 0 Å². The Morgan fingerprint density at radius 3 is 2.88 bits per heavy atom. The Hall–Kier alpha value is -2.88. The zero-order valence-electron chi connectivity index (χ0n) is 15.5. The molecule has 0 aliphatic carbocycles. The zero-order chi connectivity index (χ0) is 18.8. The number of carbonyl (C=O) groups is 1. The molecule has 1 unspecified atom stereocenters. The number of benzene rings is 1. The van der Waals surface area contributed by atoms with Crippen molar-refractivity contribution in [2.45, 2.75) is 32.2 Å². The predicted octanol–water partition coefficient (Wildman–Crippen LogP) is 4.58. The quantitative estimate of drug-likeness (QED) is 0.491. The van der Waals surface area contributed by atoms with Crippen LogP contribution in [0.2, 0.25) is 0 Å². The van der Waals surface area contributed by atoms with E-state index in [-0.39, 0.29) is 11.9 Å². The second-order valence-corrected chi connectivity index (χ2v) is 6.11. The van der Waals surface area contributed by atoms with Gasteiger partial charge >= 0.3 is 0 Å². The smallest absolute Gasteiger partial charge is 0.251 e. The minimum atomic E-state index is -0.0629. The van der Waals surface area contributed by atoms with Crippen LogP contribution in [0.4, 0.5) is 5.69 Å². The Morgan fingerprint density at radius 1 is 1.35 bits per heavy atom. The van der Waals surface area contributed by atoms with E-state index in [1.165, 1.54) is 5.56 Å². The van der Waals surface area contributed by atoms with Crippen molar-refractivity contribution in [1.82, 2.24) is 4.98 Å². The summed E-state index contributed by atoms with van der Waals surface area (Å²) in [5.41, 5.74) is 2.04. The standard InChI is InChI=1S/C22H26N2O2/c1-4-5-14-22(25)24(20-12-7-13-21(16-20)26-3)18(2)9-6-10-19-11-8-15-23-17-19/h4-5,7-8,11-18H,1,6,9-10H2,2-3H3. The molecule has 0 radical (unpaired) electrons. The number of anilines is 1. The maximum atomic E-state index is 12.7. The van der Waals surface area contributed by atoms with Gasteiger partial charge in [0.1, 0.15) is 5.75 Å². The molecule has 1 amide bonds. The number of hydrogen-bond acceptors (Lipinski definition) is 3. The number of pyridine rings is 1. The average Bonchev–Trinajstić information content (AvgIpc) is 2.67. The van der Waals surface area contributed by atoms with Crippen molar-refractivity contribution < 1.29 is 9.53 Å². The first kappa shape index (κ1) is 19.4. The van der Waals surface area contributed by atoms with E-state index in [4.69, 9.17) is 4.74 Å². The van der Waals surface area contributed by atoms with Crippen LogP contribution in [0.5, 0.6) is 5.75 Å². The third-order valence-corrected chi connectivity index (χ3v) is 4.19. The lowest BCUT2D eigenvalue weighted by Gasteiger charge is -2.29. The monoisotopic (exact) mass is 350 g/mol. The summed E-state index contributed by atoms with van der Waals surface area (Å²) in [6, 6.07) is 11.7. The maximum Gasteiger partial charge on any atom is 0.251 e. The highest BCUT2D eigenvalue weighted by Crippen LogP contribution is 2.25. The summed E-state index contributed by atoms with van der Waals surface area (Å²) in [6.07, 6.45) is 11.3. The molecule has 1 aromatic heterocycles. The normalized spacial score (nSPS) is 11.9. The highest BCUT2D eigenvalue weighted by atomic mass is 16.5. The molecule has 1 aromatic carbocycles. The van der Waals surface area contributed by atoms with Crippen LogP contribution >= 0.6 is 0 Å². The Kier molecular flexibility index (Phi) is 7.62. The van der Waals surface area contributed by atoms with Crippen molar-refractivity contribution in [3.63, 3.8) is 0 Å². The van der Waals surface area contributed by atoms with Crippen LogP contribution in [0, 0.1) is 0 Å². The fourth-order valence-electron chi connectivity index (χ4n) is 2.87. The molecule has 136 valence electrons. The third kappa shape index (κ3) is 5.59. The van der Waals surface area contributed by atoms with Gasteiger partial charge in [0.2, 0.25) is 0 Å². The molecule has 26 heavy (non-hydrogen) atoms. The molecule has 2 aromatic rings. The lowest BCUT2D eigenvalue weighted by Crippen LogP contribution is -2.37. The molecular formula is C22H26N2O2. The van der Waals surface area contributed by atoms with E-state index in [9.17, 15) is 4.79 Å². The number of aromatic nitrogens is 1. The topological polar surface area (TPSA) is 42.4 Å². The van der Waals surface area contributed by atoms with E-state index >= 15 is 0 Å². The minimum Gasteiger partial charge on any atom is -0.497 e. The van der Waals surface area contributed by atoms with Gasteiger partial charge in [0.25, 0.3) is 5.91 Å². The molecule has 0 saturated carbocycles. The van der Waals surface area contributed by atoms with Crippen LogP contribution < -0.4 is 9.64 Å². The first-order valence-corrected chi connectivity index (χ1v) is 8.81. The zero-order valence-corrected chi connectivity index (χ0v) is 15.5. The molecule has 4 nitrogen and oxygen atoms in total. The largest absolute Gasteiger partial charge is 0.497 e. The number of allylic oxidation sites excluding steroid dienone is 2. The van der Waals surface area contributed by atoms with Crippen LogP contribution in [0.3, 0.4) is 0 Å². The van der Waals surface area contributed by atoms with Gasteiger partial charge in [-0.1, -0.05) is 30.9 Å². The molecule has 0 fully saturated rings. The first-order chi connectivity index (χ1) is 12.7. The number of ether oxygens (including phenoxy) is 1. The predicted molar refractivity (Wildman–Crippen MR) is 106 cm³/mol. The van der Waals surface area contributed by atoms with Crippen LogP contribution in [0.15, 0.2) is 73.6 Å². The molecule has 0 N–H and O–H groups in total. The molecule has 1 heterocycles. The highest BCUT2D eigenvalue weighted by Gasteiger charge is 2.20. The van der Waals surface area contributed by atoms with Crippen LogP contribution in [-0.4, -0.2) is 24.0 Å². The number of aryl methyl sites for hydroxylation is 1. The fraction of sp³-hybridized carbons (Fsp3) is 0.273. The molecule has 2 rings (SSSR count). The number of rotatable bonds is 9. The van der Waals surface area contributed by atoms with Gasteiger partial charge < -0.3 is 9.64 Å². The van der Waals surface area contributed by atoms with E-state index in [1.807, 2.05) is 41.4 Å². The van der Waals surface area contributed by atoms with E-state index < -0.39 is 0 Å². The minimum absolute atomic E-state index is 0.0562. The fourth-order valence-corrected chi connectivity index (χ4v) is 2.87. The lowest BCUT2D eigenvalue weighted by atomic mass is 10.0. The summed E-state index contributed by atoms with van der Waals surface area (Å²) in [5, 5.41) is 0. The Bertz CT molecular complexity index is 741. The molecule has 0 aliphatic rings. The van der Waals surface area contributed by atoms with Crippen molar-refractivity contribution in [3.05, 3.63) is 79.2 Å². The molecule has 1 atom stereocenters. The van der Waals surface area contributed by atoms with E-state index in [2.05, 4.69) is 24.6 Å². The van der Waals surface area contributed by atoms with Gasteiger partial charge in [0.15, 0.2) is 0 Å². The van der Waals surface area contributed by atoms with Gasteiger partial charge in [-0.3, -0.25) is 9.78 Å². The molecule has 0 bridgehead atoms. The van der Waals surface area contributed by atoms with Crippen molar-refractivity contribution >= 4 is 11.6 Å². The molecular weight excluding hydrogens is 324 g/mol. The summed E-state index contributed by atoms with van der Waals surface area (Å²) in [5.74, 6) is 0.669. The van der Waals surface area contributed by atoms with E-state index in [0.29, 0.717) is 0 Å². The van der Waals surface area contributed by atoms with Gasteiger partial charge in [-0.25, -0.2) is 0 Å². The SMILES string of the molecule is C=CC=CC(=O)N(c1cccc(OC)c1)C(C)CCCc1cccnc1. The third-order valence-electron chi connectivity index (χ3n) is 4.19. The summed E-state index contributed by atoms with van der Waals surface area (Å²) >= 11 is 0. The average molecular weight is 350 g/mol. The summed E-state index contributed by atoms with van der Waals surface area (Å²) in [6.45, 7) is 5.71. The second kappa shape index (κ2) is 10.2. The second-order valence-electron chi connectivity index (χ2n) is 6.11. The van der Waals surface area contributed by atoms with Crippen LogP contribution in [0.1, 0.15) is 25.3 Å². The maximum absolute atomic E-state index is 12.7. The van der Waals surface area contributed by atoms with Crippen molar-refractivity contribution in [3.8, 4) is 5.75 Å². The Morgan fingerprint density at radius 2 is 2.19 bits per heavy atom. The summed E-state index contributed by atoms with van der Waals surface area (Å²) in [7, 11) is 1.63. The summed E-state index contributed by atoms with van der Waals surface area (Å²) in [4.78, 5) is 18.7. The first-order valence-electron chi connectivity index (χ1n) is 8.81. The van der Waals surface area contributed by atoms with Crippen molar-refractivity contribution in [2.75, 3.05) is 12.0 Å². The van der Waals surface area contributed by atoms with Crippen molar-refractivity contribution in [2.24, 2.45) is 0 Å². The van der Waals surface area contributed by atoms with Crippen LogP contribution in [0.25, 0.3) is 0 Å². The number of nitrogens with zero attached hydrogens (tertiary/aromatic N) is 2. The molecule has 4 heteroatoms. The van der Waals surface area contributed by atoms with Gasteiger partial charge in [-0.2, -0.15) is 0 Å². The van der Waals surface area contributed by atoms with E-state index in [1.54, 1.807) is 31.5 Å². The molecule has 0 aliphatic heterocycles. The number of amides is 1. The Labute approximate surface area is 155 Å². The lowest BCUT2D eigenvalue weighted by molar-refractivity contribution is -0.114. The number of carbonyl (C=O) groups excluding carboxylic acids is 1. The van der Waals surface area contributed by atoms with Gasteiger partial charge in [-0.05, 0) is 49.9 Å². The van der Waals surface area contributed by atoms with E-state index in [0.717, 1.165) is 30.7 Å². The summed E-state index contributed by atoms with van der Waals surface area (Å²) < 4.78 is 5.31. The van der Waals surface area contributed by atoms with Gasteiger partial charge in [0.05, 0.1) is 7.11 Å². The Balaban J connectivity index is 2.12. The number of hydrogen-bond donors (Lipinski definition) is 0. The highest BCUT2D eigenvalue weighted by molar-refractivity contribution is 6.02. The molecule has 0 spiro atoms. The number of methoxy groups -OCH3 is 1.